The molecule has 0 aliphatic carbocycles. The Morgan fingerprint density at radius 3 is 2.58 bits per heavy atom. The van der Waals surface area contributed by atoms with Gasteiger partial charge in [-0.2, -0.15) is 0 Å². The molecule has 3 rings (SSSR count). The molecular weight excluding hydrogens is 406 g/mol. The number of phenolic OH excluding ortho intramolecular Hbond substituents is 1. The van der Waals surface area contributed by atoms with Gasteiger partial charge >= 0.3 is 17.9 Å². The van der Waals surface area contributed by atoms with Crippen LogP contribution in [0.5, 0.6) is 5.75 Å². The van der Waals surface area contributed by atoms with E-state index in [4.69, 9.17) is 14.2 Å². The molecule has 0 unspecified atom stereocenters. The van der Waals surface area contributed by atoms with E-state index in [1.165, 1.54) is 32.9 Å². The molecule has 0 aromatic heterocycles. The number of fused-ring (bicyclic) bond motifs is 1. The molecule has 2 N–H and O–H groups in total. The van der Waals surface area contributed by atoms with Crippen LogP contribution in [0.4, 0.5) is 0 Å². The fourth-order valence-electron chi connectivity index (χ4n) is 4.23. The Kier molecular flexibility index (Phi) is 6.86. The van der Waals surface area contributed by atoms with Gasteiger partial charge in [-0.3, -0.25) is 9.69 Å². The van der Waals surface area contributed by atoms with E-state index in [1.54, 1.807) is 12.1 Å². The summed E-state index contributed by atoms with van der Waals surface area (Å²) in [5, 5.41) is 20.3. The summed E-state index contributed by atoms with van der Waals surface area (Å²) in [6.45, 7) is 5.46. The number of rotatable bonds is 7. The zero-order chi connectivity index (χ0) is 22.8. The number of aromatic hydroxyl groups is 1. The Hall–Kier alpha value is -2.65. The van der Waals surface area contributed by atoms with Gasteiger partial charge in [0.2, 0.25) is 0 Å². The maximum absolute atomic E-state index is 12.5. The number of aliphatic hydroxyl groups is 1. The normalized spacial score (nSPS) is 25.9. The van der Waals surface area contributed by atoms with E-state index < -0.39 is 35.7 Å². The molecule has 2 fully saturated rings. The van der Waals surface area contributed by atoms with Crippen LogP contribution in [0, 0.1) is 5.92 Å². The number of nitrogens with zero attached hydrogens (tertiary/aromatic N) is 1. The minimum atomic E-state index is -1.98. The molecule has 31 heavy (non-hydrogen) atoms. The average Bonchev–Trinajstić information content (AvgIpc) is 3.29. The van der Waals surface area contributed by atoms with Crippen molar-refractivity contribution in [2.45, 2.75) is 57.5 Å². The number of carbonyl (C=O) groups excluding carboxylic acids is 3. The van der Waals surface area contributed by atoms with Gasteiger partial charge in [-0.05, 0) is 45.4 Å². The smallest absolute Gasteiger partial charge is 0.342 e. The second-order valence-electron chi connectivity index (χ2n) is 8.32. The lowest BCUT2D eigenvalue weighted by atomic mass is 9.96. The number of phenols is 1. The van der Waals surface area contributed by atoms with Gasteiger partial charge in [0, 0.05) is 19.4 Å². The number of benzene rings is 1. The molecule has 9 nitrogen and oxygen atoms in total. The molecule has 0 spiro atoms. The van der Waals surface area contributed by atoms with Crippen molar-refractivity contribution in [1.82, 2.24) is 4.90 Å². The molecule has 2 heterocycles. The molecule has 170 valence electrons. The lowest BCUT2D eigenvalue weighted by Gasteiger charge is -2.29. The van der Waals surface area contributed by atoms with Crippen LogP contribution in [0.3, 0.4) is 0 Å². The van der Waals surface area contributed by atoms with E-state index in [2.05, 4.69) is 4.90 Å². The largest absolute Gasteiger partial charge is 0.507 e. The third-order valence-corrected chi connectivity index (χ3v) is 6.13. The lowest BCUT2D eigenvalue weighted by Crippen LogP contribution is -2.49. The van der Waals surface area contributed by atoms with Crippen LogP contribution < -0.4 is 0 Å². The molecular formula is C22H29NO8. The molecule has 1 aromatic carbocycles. The van der Waals surface area contributed by atoms with Gasteiger partial charge in [0.25, 0.3) is 0 Å². The summed E-state index contributed by atoms with van der Waals surface area (Å²) in [7, 11) is 0. The maximum atomic E-state index is 12.5. The van der Waals surface area contributed by atoms with Gasteiger partial charge in [-0.1, -0.05) is 12.1 Å². The van der Waals surface area contributed by atoms with Crippen molar-refractivity contribution in [3.8, 4) is 5.75 Å². The highest BCUT2D eigenvalue weighted by Crippen LogP contribution is 2.36. The summed E-state index contributed by atoms with van der Waals surface area (Å²) < 4.78 is 16.0. The summed E-state index contributed by atoms with van der Waals surface area (Å²) in [4.78, 5) is 38.3. The fraction of sp³-hybridized carbons (Fsp3) is 0.591. The zero-order valence-corrected chi connectivity index (χ0v) is 17.9. The molecule has 0 radical (unpaired) electrons. The summed E-state index contributed by atoms with van der Waals surface area (Å²) in [6, 6.07) is 6.10. The highest BCUT2D eigenvalue weighted by atomic mass is 16.6. The Morgan fingerprint density at radius 2 is 1.90 bits per heavy atom. The molecule has 9 heteroatoms. The predicted octanol–water partition coefficient (Wildman–Crippen LogP) is 1.26. The molecule has 2 aliphatic heterocycles. The van der Waals surface area contributed by atoms with Gasteiger partial charge in [0.15, 0.2) is 5.60 Å². The summed E-state index contributed by atoms with van der Waals surface area (Å²) in [5.41, 5.74) is -1.87. The highest BCUT2D eigenvalue weighted by Gasteiger charge is 2.47. The summed E-state index contributed by atoms with van der Waals surface area (Å²) >= 11 is 0. The molecule has 5 atom stereocenters. The van der Waals surface area contributed by atoms with Crippen LogP contribution in [-0.4, -0.2) is 76.6 Å². The van der Waals surface area contributed by atoms with Crippen molar-refractivity contribution >= 4 is 17.9 Å². The number of para-hydroxylation sites is 1. The van der Waals surface area contributed by atoms with E-state index in [9.17, 15) is 24.6 Å². The first-order chi connectivity index (χ1) is 14.6. The van der Waals surface area contributed by atoms with Crippen molar-refractivity contribution in [3.63, 3.8) is 0 Å². The van der Waals surface area contributed by atoms with Gasteiger partial charge in [-0.25, -0.2) is 9.59 Å². The molecule has 0 bridgehead atoms. The van der Waals surface area contributed by atoms with Crippen molar-refractivity contribution in [3.05, 3.63) is 29.8 Å². The van der Waals surface area contributed by atoms with E-state index in [1.807, 2.05) is 0 Å². The third kappa shape index (κ3) is 4.99. The van der Waals surface area contributed by atoms with Crippen LogP contribution in [-0.2, 0) is 23.8 Å². The Labute approximate surface area is 180 Å². The number of carbonyl (C=O) groups is 3. The average molecular weight is 435 g/mol. The molecule has 2 aliphatic rings. The first-order valence-electron chi connectivity index (χ1n) is 10.4. The van der Waals surface area contributed by atoms with Crippen LogP contribution in [0.2, 0.25) is 0 Å². The van der Waals surface area contributed by atoms with Crippen molar-refractivity contribution in [2.24, 2.45) is 5.92 Å². The second kappa shape index (κ2) is 9.23. The third-order valence-electron chi connectivity index (χ3n) is 6.13. The minimum absolute atomic E-state index is 0.0492. The molecule has 1 aromatic rings. The highest BCUT2D eigenvalue weighted by molar-refractivity contribution is 5.92. The number of ether oxygens (including phenoxy) is 3. The molecule has 0 amide bonds. The van der Waals surface area contributed by atoms with Gasteiger partial charge in [0.1, 0.15) is 23.5 Å². The van der Waals surface area contributed by atoms with Gasteiger partial charge in [0.05, 0.1) is 12.6 Å². The topological polar surface area (TPSA) is 123 Å². The van der Waals surface area contributed by atoms with E-state index in [-0.39, 0.29) is 29.9 Å². The SMILES string of the molecule is CC(=O)O[C@H](C)[C@@](C)(O)C(=O)OC[C@H]1CCN2CC[C@@H](OC(=O)c3ccccc3O)[C@@H]12. The standard InChI is InChI=1S/C22H29NO8/c1-13(30-14(2)24)22(3,28)21(27)29-12-15-8-10-23-11-9-18(19(15)23)31-20(26)16-6-4-5-7-17(16)25/h4-7,13,15,18-19,25,28H,8-12H2,1-3H3/t13-,15-,18-,19-,22-/m1/s1. The van der Waals surface area contributed by atoms with Crippen molar-refractivity contribution < 1.29 is 38.8 Å². The van der Waals surface area contributed by atoms with E-state index >= 15 is 0 Å². The number of esters is 3. The van der Waals surface area contributed by atoms with Gasteiger partial charge < -0.3 is 24.4 Å². The first-order valence-corrected chi connectivity index (χ1v) is 10.4. The van der Waals surface area contributed by atoms with E-state index in [0.717, 1.165) is 19.5 Å². The maximum Gasteiger partial charge on any atom is 0.342 e. The Morgan fingerprint density at radius 1 is 1.23 bits per heavy atom. The predicted molar refractivity (Wildman–Crippen MR) is 108 cm³/mol. The summed E-state index contributed by atoms with van der Waals surface area (Å²) in [5.74, 6) is -2.28. The fourth-order valence-corrected chi connectivity index (χ4v) is 4.23. The van der Waals surface area contributed by atoms with Crippen LogP contribution in [0.15, 0.2) is 24.3 Å². The quantitative estimate of drug-likeness (QED) is 0.481. The number of hydrogen-bond acceptors (Lipinski definition) is 9. The van der Waals surface area contributed by atoms with Crippen LogP contribution in [0.1, 0.15) is 44.0 Å². The van der Waals surface area contributed by atoms with Crippen LogP contribution >= 0.6 is 0 Å². The van der Waals surface area contributed by atoms with Crippen LogP contribution in [0.25, 0.3) is 0 Å². The minimum Gasteiger partial charge on any atom is -0.507 e. The van der Waals surface area contributed by atoms with Crippen molar-refractivity contribution in [2.75, 3.05) is 19.7 Å². The first kappa shape index (κ1) is 23.0. The van der Waals surface area contributed by atoms with Crippen molar-refractivity contribution in [1.29, 1.82) is 0 Å². The Balaban J connectivity index is 1.60. The lowest BCUT2D eigenvalue weighted by molar-refractivity contribution is -0.183. The summed E-state index contributed by atoms with van der Waals surface area (Å²) in [6.07, 6.45) is -0.0463. The molecule has 2 saturated heterocycles. The zero-order valence-electron chi connectivity index (χ0n) is 17.9. The number of hydrogen-bond donors (Lipinski definition) is 2. The molecule has 0 saturated carbocycles. The van der Waals surface area contributed by atoms with E-state index in [0.29, 0.717) is 6.42 Å². The Bertz CT molecular complexity index is 839. The monoisotopic (exact) mass is 435 g/mol. The second-order valence-corrected chi connectivity index (χ2v) is 8.32. The van der Waals surface area contributed by atoms with Gasteiger partial charge in [-0.15, -0.1) is 0 Å².